The number of hydrogen-bond donors (Lipinski definition) is 1. The summed E-state index contributed by atoms with van der Waals surface area (Å²) in [6, 6.07) is 7.99. The van der Waals surface area contributed by atoms with Gasteiger partial charge in [-0.15, -0.1) is 0 Å². The van der Waals surface area contributed by atoms with Crippen LogP contribution in [0.3, 0.4) is 0 Å². The summed E-state index contributed by atoms with van der Waals surface area (Å²) in [5, 5.41) is 11.2. The Balaban J connectivity index is 2.33. The summed E-state index contributed by atoms with van der Waals surface area (Å²) in [5.74, 6) is -2.07. The molecule has 1 heterocycles. The summed E-state index contributed by atoms with van der Waals surface area (Å²) in [4.78, 5) is 15.3. The number of pyridine rings is 1. The fourth-order valence-corrected chi connectivity index (χ4v) is 1.59. The van der Waals surface area contributed by atoms with Gasteiger partial charge in [0.25, 0.3) is 5.91 Å². The van der Waals surface area contributed by atoms with Crippen molar-refractivity contribution in [2.45, 2.75) is 6.92 Å². The van der Waals surface area contributed by atoms with Gasteiger partial charge in [-0.1, -0.05) is 6.07 Å². The van der Waals surface area contributed by atoms with Crippen molar-refractivity contribution in [2.24, 2.45) is 0 Å². The van der Waals surface area contributed by atoms with Crippen molar-refractivity contribution < 1.29 is 13.6 Å². The zero-order valence-electron chi connectivity index (χ0n) is 10.4. The number of hydrogen-bond acceptors (Lipinski definition) is 3. The molecule has 20 heavy (non-hydrogen) atoms. The van der Waals surface area contributed by atoms with Gasteiger partial charge in [-0.2, -0.15) is 9.65 Å². The van der Waals surface area contributed by atoms with E-state index in [1.165, 1.54) is 25.1 Å². The standard InChI is InChI=1S/C14H9F2N3O/c1-8-10(15)5-9(7-17)6-12(8)19-14(20)11-3-2-4-13(16)18-11/h2-6H,1H3,(H,19,20). The van der Waals surface area contributed by atoms with Crippen LogP contribution in [0.2, 0.25) is 0 Å². The van der Waals surface area contributed by atoms with Crippen LogP contribution in [0.1, 0.15) is 21.6 Å². The first-order valence-electron chi connectivity index (χ1n) is 5.65. The largest absolute Gasteiger partial charge is 0.320 e. The second-order valence-corrected chi connectivity index (χ2v) is 4.04. The number of nitrogens with one attached hydrogen (secondary N) is 1. The highest BCUT2D eigenvalue weighted by molar-refractivity contribution is 6.03. The van der Waals surface area contributed by atoms with Crippen LogP contribution in [0, 0.1) is 30.0 Å². The molecule has 1 aromatic carbocycles. The number of nitriles is 1. The molecule has 1 aromatic heterocycles. The Morgan fingerprint density at radius 3 is 2.75 bits per heavy atom. The zero-order chi connectivity index (χ0) is 14.7. The second kappa shape index (κ2) is 5.45. The lowest BCUT2D eigenvalue weighted by Gasteiger charge is -2.09. The number of carbonyl (C=O) groups excluding carboxylic acids is 1. The third-order valence-electron chi connectivity index (χ3n) is 2.67. The van der Waals surface area contributed by atoms with E-state index >= 15 is 0 Å². The number of carbonyl (C=O) groups is 1. The van der Waals surface area contributed by atoms with Gasteiger partial charge in [-0.3, -0.25) is 4.79 Å². The number of aromatic nitrogens is 1. The van der Waals surface area contributed by atoms with E-state index in [1.807, 2.05) is 0 Å². The number of nitrogens with zero attached hydrogens (tertiary/aromatic N) is 2. The Kier molecular flexibility index (Phi) is 3.71. The van der Waals surface area contributed by atoms with E-state index in [4.69, 9.17) is 5.26 Å². The van der Waals surface area contributed by atoms with Crippen molar-refractivity contribution in [2.75, 3.05) is 5.32 Å². The van der Waals surface area contributed by atoms with Crippen molar-refractivity contribution in [3.8, 4) is 6.07 Å². The minimum absolute atomic E-state index is 0.0793. The first kappa shape index (κ1) is 13.6. The molecule has 0 aliphatic carbocycles. The van der Waals surface area contributed by atoms with Gasteiger partial charge in [0.15, 0.2) is 0 Å². The van der Waals surface area contributed by atoms with Crippen LogP contribution in [0.5, 0.6) is 0 Å². The monoisotopic (exact) mass is 273 g/mol. The van der Waals surface area contributed by atoms with Crippen molar-refractivity contribution in [1.29, 1.82) is 5.26 Å². The molecule has 6 heteroatoms. The molecule has 0 radical (unpaired) electrons. The van der Waals surface area contributed by atoms with E-state index in [1.54, 1.807) is 6.07 Å². The molecule has 0 aliphatic rings. The van der Waals surface area contributed by atoms with Gasteiger partial charge in [0, 0.05) is 11.3 Å². The van der Waals surface area contributed by atoms with Gasteiger partial charge in [0.05, 0.1) is 11.6 Å². The first-order valence-corrected chi connectivity index (χ1v) is 5.65. The smallest absolute Gasteiger partial charge is 0.274 e. The summed E-state index contributed by atoms with van der Waals surface area (Å²) in [6.45, 7) is 1.46. The van der Waals surface area contributed by atoms with Gasteiger partial charge in [-0.25, -0.2) is 9.37 Å². The molecule has 0 bridgehead atoms. The van der Waals surface area contributed by atoms with Crippen LogP contribution in [0.25, 0.3) is 0 Å². The molecule has 4 nitrogen and oxygen atoms in total. The quantitative estimate of drug-likeness (QED) is 0.855. The number of benzene rings is 1. The van der Waals surface area contributed by atoms with Gasteiger partial charge in [-0.05, 0) is 31.2 Å². The minimum Gasteiger partial charge on any atom is -0.320 e. The number of amides is 1. The first-order chi connectivity index (χ1) is 9.51. The normalized spacial score (nSPS) is 9.90. The highest BCUT2D eigenvalue weighted by atomic mass is 19.1. The molecule has 100 valence electrons. The Morgan fingerprint density at radius 2 is 2.10 bits per heavy atom. The molecule has 0 fully saturated rings. The predicted octanol–water partition coefficient (Wildman–Crippen LogP) is 2.79. The van der Waals surface area contributed by atoms with Crippen LogP contribution in [0.4, 0.5) is 14.5 Å². The molecular formula is C14H9F2N3O. The number of rotatable bonds is 2. The molecule has 0 saturated heterocycles. The summed E-state index contributed by atoms with van der Waals surface area (Å²) < 4.78 is 26.5. The fourth-order valence-electron chi connectivity index (χ4n) is 1.59. The van der Waals surface area contributed by atoms with E-state index in [0.717, 1.165) is 12.1 Å². The van der Waals surface area contributed by atoms with Crippen LogP contribution >= 0.6 is 0 Å². The average Bonchev–Trinajstić information content (AvgIpc) is 2.43. The van der Waals surface area contributed by atoms with Crippen molar-refractivity contribution in [3.63, 3.8) is 0 Å². The van der Waals surface area contributed by atoms with Crippen molar-refractivity contribution in [1.82, 2.24) is 4.98 Å². The maximum Gasteiger partial charge on any atom is 0.274 e. The molecule has 1 amide bonds. The molecule has 1 N–H and O–H groups in total. The summed E-state index contributed by atoms with van der Waals surface area (Å²) >= 11 is 0. The Labute approximate surface area is 113 Å². The minimum atomic E-state index is -0.786. The summed E-state index contributed by atoms with van der Waals surface area (Å²) in [7, 11) is 0. The summed E-state index contributed by atoms with van der Waals surface area (Å²) in [5.41, 5.74) is 0.286. The molecule has 0 unspecified atom stereocenters. The van der Waals surface area contributed by atoms with Gasteiger partial charge >= 0.3 is 0 Å². The van der Waals surface area contributed by atoms with E-state index in [9.17, 15) is 13.6 Å². The lowest BCUT2D eigenvalue weighted by molar-refractivity contribution is 0.102. The third kappa shape index (κ3) is 2.78. The van der Waals surface area contributed by atoms with Crippen LogP contribution in [-0.4, -0.2) is 10.9 Å². The zero-order valence-corrected chi connectivity index (χ0v) is 10.4. The molecule has 0 saturated carbocycles. The lowest BCUT2D eigenvalue weighted by Crippen LogP contribution is -2.15. The Morgan fingerprint density at radius 1 is 1.35 bits per heavy atom. The topological polar surface area (TPSA) is 65.8 Å². The van der Waals surface area contributed by atoms with E-state index in [2.05, 4.69) is 10.3 Å². The molecule has 0 spiro atoms. The van der Waals surface area contributed by atoms with Crippen LogP contribution < -0.4 is 5.32 Å². The molecule has 0 aliphatic heterocycles. The average molecular weight is 273 g/mol. The highest BCUT2D eigenvalue weighted by Gasteiger charge is 2.13. The molecular weight excluding hydrogens is 264 g/mol. The molecule has 0 atom stereocenters. The van der Waals surface area contributed by atoms with Crippen molar-refractivity contribution in [3.05, 3.63) is 58.9 Å². The SMILES string of the molecule is Cc1c(F)cc(C#N)cc1NC(=O)c1cccc(F)n1. The second-order valence-electron chi connectivity index (χ2n) is 4.04. The van der Waals surface area contributed by atoms with E-state index in [-0.39, 0.29) is 22.5 Å². The fraction of sp³-hybridized carbons (Fsp3) is 0.0714. The third-order valence-corrected chi connectivity index (χ3v) is 2.67. The maximum absolute atomic E-state index is 13.6. The number of anilines is 1. The number of halogens is 2. The highest BCUT2D eigenvalue weighted by Crippen LogP contribution is 2.21. The summed E-state index contributed by atoms with van der Waals surface area (Å²) in [6.07, 6.45) is 0. The van der Waals surface area contributed by atoms with Gasteiger partial charge in [0.1, 0.15) is 11.5 Å². The Hall–Kier alpha value is -2.81. The molecule has 2 aromatic rings. The van der Waals surface area contributed by atoms with Gasteiger partial charge < -0.3 is 5.32 Å². The predicted molar refractivity (Wildman–Crippen MR) is 68.0 cm³/mol. The van der Waals surface area contributed by atoms with E-state index < -0.39 is 17.7 Å². The van der Waals surface area contributed by atoms with Crippen LogP contribution in [-0.2, 0) is 0 Å². The van der Waals surface area contributed by atoms with Crippen LogP contribution in [0.15, 0.2) is 30.3 Å². The lowest BCUT2D eigenvalue weighted by atomic mass is 10.1. The van der Waals surface area contributed by atoms with Gasteiger partial charge in [0.2, 0.25) is 5.95 Å². The molecule has 2 rings (SSSR count). The van der Waals surface area contributed by atoms with E-state index in [0.29, 0.717) is 0 Å². The Bertz CT molecular complexity index is 723. The maximum atomic E-state index is 13.6. The van der Waals surface area contributed by atoms with Crippen molar-refractivity contribution >= 4 is 11.6 Å².